The summed E-state index contributed by atoms with van der Waals surface area (Å²) in [4.78, 5) is 0. The van der Waals surface area contributed by atoms with Crippen molar-refractivity contribution in [2.24, 2.45) is 0 Å². The summed E-state index contributed by atoms with van der Waals surface area (Å²) < 4.78 is 46.5. The van der Waals surface area contributed by atoms with Gasteiger partial charge >= 0.3 is 6.18 Å². The highest BCUT2D eigenvalue weighted by Crippen LogP contribution is 2.45. The fourth-order valence-corrected chi connectivity index (χ4v) is 10.3. The Morgan fingerprint density at radius 2 is 0.868 bits per heavy atom. The molecule has 2 heterocycles. The lowest BCUT2D eigenvalue weighted by Gasteiger charge is -2.20. The lowest BCUT2D eigenvalue weighted by molar-refractivity contribution is -0.137. The summed E-state index contributed by atoms with van der Waals surface area (Å²) in [6.07, 6.45) is -4.62. The van der Waals surface area contributed by atoms with Crippen molar-refractivity contribution in [1.29, 1.82) is 10.5 Å². The number of para-hydroxylation sites is 2. The van der Waals surface area contributed by atoms with Crippen molar-refractivity contribution in [2.75, 3.05) is 0 Å². The molecule has 11 rings (SSSR count). The normalized spacial score (nSPS) is 11.7. The van der Waals surface area contributed by atoms with Gasteiger partial charge in [0.25, 0.3) is 0 Å². The number of hydrogen-bond donors (Lipinski definition) is 0. The van der Waals surface area contributed by atoms with Crippen LogP contribution in [0.2, 0.25) is 0 Å². The van der Waals surface area contributed by atoms with Crippen molar-refractivity contribution in [3.05, 3.63) is 215 Å². The maximum atomic E-state index is 14.0. The number of hydrogen-bond acceptors (Lipinski definition) is 2. The van der Waals surface area contributed by atoms with Gasteiger partial charge in [-0.15, -0.1) is 0 Å². The minimum Gasteiger partial charge on any atom is -0.309 e. The standard InChI is InChI=1S/C61H41F3N4/c1-36-13-20-46(38(3)27-36)41-16-24-58-52(31-41)49-9-5-7-11-55(49)67(58)57-23-15-40(34-65)29-51(57)54-33-43(48-22-19-45(61(62,63)64)30-44(48)35-66)18-26-60(54)68-56-12-8-6-10-50(56)53-32-42(17-25-59(53)68)47-21-14-37(2)28-39(47)4/h5-33H,1-4H3. The molecule has 0 radical (unpaired) electrons. The first-order chi connectivity index (χ1) is 32.9. The Kier molecular flexibility index (Phi) is 9.92. The second-order valence-electron chi connectivity index (χ2n) is 17.8. The molecule has 0 N–H and O–H groups in total. The number of aromatic nitrogens is 2. The van der Waals surface area contributed by atoms with E-state index in [9.17, 15) is 23.7 Å². The van der Waals surface area contributed by atoms with E-state index in [1.807, 2.05) is 66.7 Å². The van der Waals surface area contributed by atoms with E-state index in [0.717, 1.165) is 100 Å². The Balaban J connectivity index is 1.22. The summed E-state index contributed by atoms with van der Waals surface area (Å²) in [5.74, 6) is 0. The fraction of sp³-hybridized carbons (Fsp3) is 0.0820. The van der Waals surface area contributed by atoms with Gasteiger partial charge in [-0.05, 0) is 151 Å². The molecular weight excluding hydrogens is 846 g/mol. The molecule has 11 aromatic rings. The molecule has 7 heteroatoms. The van der Waals surface area contributed by atoms with Crippen LogP contribution < -0.4 is 0 Å². The molecule has 0 aliphatic rings. The molecule has 0 bridgehead atoms. The van der Waals surface area contributed by atoms with Crippen LogP contribution in [0, 0.1) is 50.4 Å². The van der Waals surface area contributed by atoms with Crippen molar-refractivity contribution >= 4 is 43.6 Å². The highest BCUT2D eigenvalue weighted by Gasteiger charge is 2.31. The summed E-state index contributed by atoms with van der Waals surface area (Å²) in [5, 5.41) is 25.1. The molecule has 0 saturated carbocycles. The van der Waals surface area contributed by atoms with Crippen LogP contribution in [0.25, 0.3) is 99.5 Å². The van der Waals surface area contributed by atoms with E-state index in [0.29, 0.717) is 16.7 Å². The predicted molar refractivity (Wildman–Crippen MR) is 270 cm³/mol. The Labute approximate surface area is 391 Å². The van der Waals surface area contributed by atoms with Gasteiger partial charge in [-0.2, -0.15) is 23.7 Å². The average molecular weight is 887 g/mol. The zero-order chi connectivity index (χ0) is 47.0. The van der Waals surface area contributed by atoms with Gasteiger partial charge in [-0.3, -0.25) is 0 Å². The summed E-state index contributed by atoms with van der Waals surface area (Å²) in [5.41, 5.74) is 16.5. The smallest absolute Gasteiger partial charge is 0.309 e. The monoisotopic (exact) mass is 886 g/mol. The van der Waals surface area contributed by atoms with E-state index in [4.69, 9.17) is 0 Å². The second kappa shape index (κ2) is 16.0. The molecule has 4 nitrogen and oxygen atoms in total. The van der Waals surface area contributed by atoms with E-state index in [1.165, 1.54) is 28.3 Å². The van der Waals surface area contributed by atoms with Crippen LogP contribution in [0.1, 0.15) is 38.9 Å². The first-order valence-electron chi connectivity index (χ1n) is 22.4. The molecule has 0 aliphatic carbocycles. The Morgan fingerprint density at radius 1 is 0.397 bits per heavy atom. The molecule has 0 spiro atoms. The number of nitrogens with zero attached hydrogens (tertiary/aromatic N) is 4. The number of halogens is 3. The van der Waals surface area contributed by atoms with Gasteiger partial charge < -0.3 is 9.13 Å². The Morgan fingerprint density at radius 3 is 1.38 bits per heavy atom. The van der Waals surface area contributed by atoms with Crippen molar-refractivity contribution in [3.8, 4) is 68.0 Å². The molecule has 68 heavy (non-hydrogen) atoms. The van der Waals surface area contributed by atoms with Gasteiger partial charge in [0, 0.05) is 32.7 Å². The summed E-state index contributed by atoms with van der Waals surface area (Å²) in [6.45, 7) is 8.46. The largest absolute Gasteiger partial charge is 0.416 e. The van der Waals surface area contributed by atoms with Gasteiger partial charge in [0.05, 0.1) is 62.3 Å². The molecule has 0 atom stereocenters. The highest BCUT2D eigenvalue weighted by atomic mass is 19.4. The molecule has 326 valence electrons. The van der Waals surface area contributed by atoms with E-state index in [-0.39, 0.29) is 5.56 Å². The quantitative estimate of drug-likeness (QED) is 0.167. The summed E-state index contributed by atoms with van der Waals surface area (Å²) >= 11 is 0. The molecule has 0 amide bonds. The first-order valence-corrected chi connectivity index (χ1v) is 22.4. The van der Waals surface area contributed by atoms with Crippen molar-refractivity contribution in [1.82, 2.24) is 9.13 Å². The van der Waals surface area contributed by atoms with Gasteiger partial charge in [-0.25, -0.2) is 0 Å². The predicted octanol–water partition coefficient (Wildman–Crippen LogP) is 16.5. The second-order valence-corrected chi connectivity index (χ2v) is 17.8. The maximum Gasteiger partial charge on any atom is 0.416 e. The van der Waals surface area contributed by atoms with E-state index in [1.54, 1.807) is 0 Å². The Bertz CT molecular complexity index is 3980. The van der Waals surface area contributed by atoms with Crippen molar-refractivity contribution in [2.45, 2.75) is 33.9 Å². The van der Waals surface area contributed by atoms with Crippen LogP contribution in [0.4, 0.5) is 13.2 Å². The minimum absolute atomic E-state index is 0.0951. The fourth-order valence-electron chi connectivity index (χ4n) is 10.3. The molecule has 2 aromatic heterocycles. The third-order valence-electron chi connectivity index (χ3n) is 13.4. The van der Waals surface area contributed by atoms with E-state index < -0.39 is 11.7 Å². The van der Waals surface area contributed by atoms with Crippen LogP contribution >= 0.6 is 0 Å². The number of aryl methyl sites for hydroxylation is 4. The molecule has 0 aliphatic heterocycles. The topological polar surface area (TPSA) is 57.4 Å². The summed E-state index contributed by atoms with van der Waals surface area (Å²) in [6, 6.07) is 61.9. The van der Waals surface area contributed by atoms with Crippen molar-refractivity contribution in [3.63, 3.8) is 0 Å². The van der Waals surface area contributed by atoms with Gasteiger partial charge in [0.15, 0.2) is 0 Å². The van der Waals surface area contributed by atoms with Gasteiger partial charge in [0.1, 0.15) is 0 Å². The third kappa shape index (κ3) is 6.91. The lowest BCUT2D eigenvalue weighted by atomic mass is 9.92. The van der Waals surface area contributed by atoms with Crippen LogP contribution in [-0.4, -0.2) is 9.13 Å². The number of alkyl halides is 3. The maximum absolute atomic E-state index is 14.0. The molecule has 9 aromatic carbocycles. The van der Waals surface area contributed by atoms with Crippen LogP contribution in [0.3, 0.4) is 0 Å². The van der Waals surface area contributed by atoms with E-state index in [2.05, 4.69) is 140 Å². The lowest BCUT2D eigenvalue weighted by Crippen LogP contribution is -2.05. The van der Waals surface area contributed by atoms with Gasteiger partial charge in [-0.1, -0.05) is 108 Å². The van der Waals surface area contributed by atoms with E-state index >= 15 is 0 Å². The summed E-state index contributed by atoms with van der Waals surface area (Å²) in [7, 11) is 0. The van der Waals surface area contributed by atoms with Gasteiger partial charge in [0.2, 0.25) is 0 Å². The molecular formula is C61H41F3N4. The van der Waals surface area contributed by atoms with Crippen LogP contribution in [0.5, 0.6) is 0 Å². The molecule has 0 fully saturated rings. The number of fused-ring (bicyclic) bond motifs is 6. The first kappa shape index (κ1) is 42.0. The molecule has 0 unspecified atom stereocenters. The zero-order valence-corrected chi connectivity index (χ0v) is 37.7. The molecule has 0 saturated heterocycles. The van der Waals surface area contributed by atoms with Crippen LogP contribution in [-0.2, 0) is 6.18 Å². The third-order valence-corrected chi connectivity index (χ3v) is 13.4. The number of nitriles is 2. The zero-order valence-electron chi connectivity index (χ0n) is 37.7. The highest BCUT2D eigenvalue weighted by molar-refractivity contribution is 6.13. The Hall–Kier alpha value is -8.65. The average Bonchev–Trinajstić information content (AvgIpc) is 3.85. The van der Waals surface area contributed by atoms with Crippen LogP contribution in [0.15, 0.2) is 176 Å². The number of benzene rings is 9. The minimum atomic E-state index is -4.62. The SMILES string of the molecule is Cc1ccc(-c2ccc3c(c2)c2ccccc2n3-c2ccc(C#N)cc2-c2cc(-c3ccc(C(F)(F)F)cc3C#N)ccc2-n2c3ccccc3c3cc(-c4ccc(C)cc4C)ccc32)c(C)c1. The van der Waals surface area contributed by atoms with Crippen molar-refractivity contribution < 1.29 is 13.2 Å². The number of rotatable bonds is 6.